The summed E-state index contributed by atoms with van der Waals surface area (Å²) in [6.07, 6.45) is 3.81. The first-order valence-corrected chi connectivity index (χ1v) is 12.6. The predicted molar refractivity (Wildman–Crippen MR) is 141 cm³/mol. The second-order valence-corrected chi connectivity index (χ2v) is 9.42. The van der Waals surface area contributed by atoms with Crippen LogP contribution in [0.15, 0.2) is 76.6 Å². The smallest absolute Gasteiger partial charge is 0.252 e. The van der Waals surface area contributed by atoms with Gasteiger partial charge in [-0.25, -0.2) is 4.98 Å². The van der Waals surface area contributed by atoms with Crippen LogP contribution in [0.1, 0.15) is 5.56 Å². The zero-order valence-corrected chi connectivity index (χ0v) is 20.3. The molecule has 174 valence electrons. The number of thioether (sulfide) groups is 1. The van der Waals surface area contributed by atoms with Gasteiger partial charge in [0.2, 0.25) is 5.95 Å². The van der Waals surface area contributed by atoms with E-state index < -0.39 is 0 Å². The normalized spacial score (nSPS) is 14.5. The summed E-state index contributed by atoms with van der Waals surface area (Å²) in [5.41, 5.74) is 3.73. The number of likely N-dealkylation sites (N-methyl/N-ethyl adjacent to an activating group) is 1. The molecule has 8 heteroatoms. The first-order valence-electron chi connectivity index (χ1n) is 11.4. The van der Waals surface area contributed by atoms with Crippen LogP contribution in [-0.2, 0) is 6.54 Å². The van der Waals surface area contributed by atoms with Gasteiger partial charge >= 0.3 is 0 Å². The molecule has 0 amide bonds. The van der Waals surface area contributed by atoms with E-state index in [0.29, 0.717) is 18.1 Å². The average molecular weight is 473 g/mol. The molecule has 0 aliphatic carbocycles. The fourth-order valence-electron chi connectivity index (χ4n) is 4.15. The van der Waals surface area contributed by atoms with Crippen molar-refractivity contribution in [2.75, 3.05) is 49.7 Å². The van der Waals surface area contributed by atoms with E-state index >= 15 is 0 Å². The quantitative estimate of drug-likeness (QED) is 0.425. The highest BCUT2D eigenvalue weighted by molar-refractivity contribution is 7.98. The van der Waals surface area contributed by atoms with Crippen LogP contribution in [0.2, 0.25) is 0 Å². The van der Waals surface area contributed by atoms with E-state index in [2.05, 4.69) is 69.8 Å². The first kappa shape index (κ1) is 22.4. The van der Waals surface area contributed by atoms with Crippen LogP contribution in [0, 0.1) is 0 Å². The molecule has 0 bridgehead atoms. The van der Waals surface area contributed by atoms with Crippen LogP contribution in [0.5, 0.6) is 0 Å². The molecule has 4 aromatic rings. The number of hydrogen-bond donors (Lipinski definition) is 1. The summed E-state index contributed by atoms with van der Waals surface area (Å²) in [5, 5.41) is 4.12. The number of hydrogen-bond acceptors (Lipinski definition) is 7. The Hall–Kier alpha value is -3.36. The molecule has 1 N–H and O–H groups in total. The molecule has 3 heterocycles. The Morgan fingerprint density at radius 3 is 2.38 bits per heavy atom. The fourth-order valence-corrected chi connectivity index (χ4v) is 4.56. The van der Waals surface area contributed by atoms with E-state index in [1.54, 1.807) is 34.7 Å². The van der Waals surface area contributed by atoms with Gasteiger partial charge in [0.25, 0.3) is 5.56 Å². The number of anilines is 3. The molecule has 0 unspecified atom stereocenters. The molecule has 2 aromatic carbocycles. The summed E-state index contributed by atoms with van der Waals surface area (Å²) in [6, 6.07) is 20.0. The number of pyridine rings is 1. The van der Waals surface area contributed by atoms with Gasteiger partial charge in [0.1, 0.15) is 5.65 Å². The lowest BCUT2D eigenvalue weighted by atomic mass is 10.2. The Morgan fingerprint density at radius 2 is 1.68 bits per heavy atom. The van der Waals surface area contributed by atoms with Crippen molar-refractivity contribution in [3.8, 4) is 0 Å². The second-order valence-electron chi connectivity index (χ2n) is 8.54. The highest BCUT2D eigenvalue weighted by Gasteiger charge is 2.14. The fraction of sp³-hybridized carbons (Fsp3) is 0.269. The topological polar surface area (TPSA) is 66.3 Å². The van der Waals surface area contributed by atoms with Gasteiger partial charge in [-0.3, -0.25) is 9.36 Å². The monoisotopic (exact) mass is 472 g/mol. The zero-order valence-electron chi connectivity index (χ0n) is 19.4. The van der Waals surface area contributed by atoms with Gasteiger partial charge in [0.05, 0.1) is 6.54 Å². The van der Waals surface area contributed by atoms with Crippen molar-refractivity contribution in [2.24, 2.45) is 0 Å². The Kier molecular flexibility index (Phi) is 6.51. The van der Waals surface area contributed by atoms with E-state index in [4.69, 9.17) is 4.98 Å². The number of fused-ring (bicyclic) bond motifs is 1. The summed E-state index contributed by atoms with van der Waals surface area (Å²) >= 11 is 1.70. The standard InChI is InChI=1S/C26H28N6OS/c1-30-13-15-31(16-14-30)22-8-6-21(7-9-22)28-26-27-17-20-5-12-24(33)32(25(20)29-26)18-19-3-10-23(34-2)11-4-19/h3-12,17H,13-16,18H2,1-2H3,(H,27,28,29). The number of piperazine rings is 1. The molecule has 0 radical (unpaired) electrons. The maximum atomic E-state index is 12.7. The molecule has 1 saturated heterocycles. The first-order chi connectivity index (χ1) is 16.6. The third-order valence-corrected chi connectivity index (χ3v) is 6.96. The summed E-state index contributed by atoms with van der Waals surface area (Å²) < 4.78 is 1.70. The maximum Gasteiger partial charge on any atom is 0.252 e. The van der Waals surface area contributed by atoms with Crippen molar-refractivity contribution in [3.63, 3.8) is 0 Å². The minimum atomic E-state index is -0.0809. The third kappa shape index (κ3) is 4.93. The Morgan fingerprint density at radius 1 is 0.941 bits per heavy atom. The molecule has 1 fully saturated rings. The van der Waals surface area contributed by atoms with Crippen molar-refractivity contribution in [3.05, 3.63) is 82.8 Å². The van der Waals surface area contributed by atoms with Gasteiger partial charge in [-0.15, -0.1) is 11.8 Å². The molecule has 0 spiro atoms. The van der Waals surface area contributed by atoms with Crippen LogP contribution >= 0.6 is 11.8 Å². The molecule has 1 aliphatic heterocycles. The average Bonchev–Trinajstić information content (AvgIpc) is 2.87. The van der Waals surface area contributed by atoms with Gasteiger partial charge in [-0.2, -0.15) is 4.98 Å². The zero-order chi connectivity index (χ0) is 23.5. The van der Waals surface area contributed by atoms with Crippen molar-refractivity contribution in [2.45, 2.75) is 11.4 Å². The van der Waals surface area contributed by atoms with Gasteiger partial charge < -0.3 is 15.1 Å². The maximum absolute atomic E-state index is 12.7. The van der Waals surface area contributed by atoms with Gasteiger partial charge in [0.15, 0.2) is 0 Å². The number of rotatable bonds is 6. The molecule has 0 atom stereocenters. The summed E-state index contributed by atoms with van der Waals surface area (Å²) in [4.78, 5) is 27.8. The van der Waals surface area contributed by atoms with Gasteiger partial charge in [-0.1, -0.05) is 12.1 Å². The van der Waals surface area contributed by atoms with Crippen molar-refractivity contribution >= 4 is 40.1 Å². The summed E-state index contributed by atoms with van der Waals surface area (Å²) in [5.74, 6) is 0.469. The lowest BCUT2D eigenvalue weighted by Crippen LogP contribution is -2.44. The van der Waals surface area contributed by atoms with Gasteiger partial charge in [-0.05, 0) is 61.3 Å². The van der Waals surface area contributed by atoms with Crippen LogP contribution in [-0.4, -0.2) is 58.9 Å². The van der Waals surface area contributed by atoms with Crippen molar-refractivity contribution in [1.29, 1.82) is 0 Å². The van der Waals surface area contributed by atoms with Gasteiger partial charge in [0, 0.05) is 60.1 Å². The van der Waals surface area contributed by atoms with Crippen molar-refractivity contribution < 1.29 is 0 Å². The summed E-state index contributed by atoms with van der Waals surface area (Å²) in [7, 11) is 2.16. The van der Waals surface area contributed by atoms with Crippen molar-refractivity contribution in [1.82, 2.24) is 19.4 Å². The van der Waals surface area contributed by atoms with E-state index in [0.717, 1.165) is 42.8 Å². The molecule has 34 heavy (non-hydrogen) atoms. The minimum Gasteiger partial charge on any atom is -0.369 e. The number of nitrogens with zero attached hydrogens (tertiary/aromatic N) is 5. The molecule has 2 aromatic heterocycles. The molecule has 1 aliphatic rings. The third-order valence-electron chi connectivity index (χ3n) is 6.21. The largest absolute Gasteiger partial charge is 0.369 e. The van der Waals surface area contributed by atoms with E-state index in [1.807, 2.05) is 12.1 Å². The number of nitrogens with one attached hydrogen (secondary N) is 1. The molecule has 7 nitrogen and oxygen atoms in total. The number of benzene rings is 2. The highest BCUT2D eigenvalue weighted by atomic mass is 32.2. The Balaban J connectivity index is 1.38. The Labute approximate surface area is 203 Å². The van der Waals surface area contributed by atoms with Crippen LogP contribution in [0.3, 0.4) is 0 Å². The molecular formula is C26H28N6OS. The molecule has 0 saturated carbocycles. The predicted octanol–water partition coefficient (Wildman–Crippen LogP) is 4.06. The van der Waals surface area contributed by atoms with E-state index in [1.165, 1.54) is 10.6 Å². The van der Waals surface area contributed by atoms with Crippen LogP contribution in [0.4, 0.5) is 17.3 Å². The van der Waals surface area contributed by atoms with E-state index in [9.17, 15) is 4.79 Å². The molecular weight excluding hydrogens is 444 g/mol. The second kappa shape index (κ2) is 9.87. The summed E-state index contributed by atoms with van der Waals surface area (Å²) in [6.45, 7) is 4.69. The lowest BCUT2D eigenvalue weighted by molar-refractivity contribution is 0.313. The lowest BCUT2D eigenvalue weighted by Gasteiger charge is -2.34. The van der Waals surface area contributed by atoms with E-state index in [-0.39, 0.29) is 5.56 Å². The minimum absolute atomic E-state index is 0.0809. The Bertz CT molecular complexity index is 1330. The highest BCUT2D eigenvalue weighted by Crippen LogP contribution is 2.22. The SMILES string of the molecule is CSc1ccc(Cn2c(=O)ccc3cnc(Nc4ccc(N5CCN(C)CC5)cc4)nc32)cc1. The van der Waals surface area contributed by atoms with Crippen LogP contribution in [0.25, 0.3) is 11.0 Å². The molecule has 5 rings (SSSR count). The number of aromatic nitrogens is 3. The van der Waals surface area contributed by atoms with Crippen LogP contribution < -0.4 is 15.8 Å².